The number of thiazole rings is 1. The van der Waals surface area contributed by atoms with E-state index < -0.39 is 12.3 Å². The summed E-state index contributed by atoms with van der Waals surface area (Å²) in [7, 11) is 0. The Labute approximate surface area is 121 Å². The van der Waals surface area contributed by atoms with Crippen LogP contribution in [0.25, 0.3) is 0 Å². The van der Waals surface area contributed by atoms with E-state index in [0.29, 0.717) is 15.7 Å². The van der Waals surface area contributed by atoms with Crippen molar-refractivity contribution in [1.29, 1.82) is 0 Å². The molecule has 0 saturated heterocycles. The van der Waals surface area contributed by atoms with E-state index in [0.717, 1.165) is 23.5 Å². The SMILES string of the molecule is Cc1sc(Nc2ccc(OC(F)(F)F)cc2)nc1C(=O)O. The van der Waals surface area contributed by atoms with Gasteiger partial charge in [-0.1, -0.05) is 0 Å². The number of aromatic carboxylic acids is 1. The number of hydrogen-bond acceptors (Lipinski definition) is 5. The Kier molecular flexibility index (Phi) is 4.03. The third kappa shape index (κ3) is 4.09. The number of nitrogens with one attached hydrogen (secondary N) is 1. The van der Waals surface area contributed by atoms with Crippen LogP contribution in [-0.4, -0.2) is 22.4 Å². The molecule has 2 aromatic rings. The summed E-state index contributed by atoms with van der Waals surface area (Å²) in [6.45, 7) is 1.62. The monoisotopic (exact) mass is 318 g/mol. The quantitative estimate of drug-likeness (QED) is 0.897. The van der Waals surface area contributed by atoms with Gasteiger partial charge in [-0.15, -0.1) is 24.5 Å². The highest BCUT2D eigenvalue weighted by Gasteiger charge is 2.30. The molecule has 0 aliphatic carbocycles. The van der Waals surface area contributed by atoms with Gasteiger partial charge in [-0.25, -0.2) is 9.78 Å². The molecule has 0 amide bonds. The summed E-state index contributed by atoms with van der Waals surface area (Å²) in [6, 6.07) is 5.04. The number of aryl methyl sites for hydroxylation is 1. The van der Waals surface area contributed by atoms with Crippen molar-refractivity contribution in [3.63, 3.8) is 0 Å². The second-order valence-electron chi connectivity index (χ2n) is 3.93. The minimum absolute atomic E-state index is 0.0560. The molecule has 0 unspecified atom stereocenters. The lowest BCUT2D eigenvalue weighted by atomic mass is 10.3. The van der Waals surface area contributed by atoms with Crippen molar-refractivity contribution < 1.29 is 27.8 Å². The molecular weight excluding hydrogens is 309 g/mol. The van der Waals surface area contributed by atoms with E-state index in [1.54, 1.807) is 6.92 Å². The molecule has 2 N–H and O–H groups in total. The van der Waals surface area contributed by atoms with E-state index in [-0.39, 0.29) is 11.4 Å². The standard InChI is InChI=1S/C12H9F3N2O3S/c1-6-9(10(18)19)17-11(21-6)16-7-2-4-8(5-3-7)20-12(13,14)15/h2-5H,1H3,(H,16,17)(H,18,19). The van der Waals surface area contributed by atoms with Gasteiger partial charge in [-0.05, 0) is 31.2 Å². The first-order valence-corrected chi connectivity index (χ1v) is 6.40. The van der Waals surface area contributed by atoms with E-state index in [9.17, 15) is 18.0 Å². The van der Waals surface area contributed by atoms with Gasteiger partial charge in [0.25, 0.3) is 0 Å². The van der Waals surface area contributed by atoms with Crippen LogP contribution in [0.15, 0.2) is 24.3 Å². The molecule has 0 saturated carbocycles. The number of benzene rings is 1. The Hall–Kier alpha value is -2.29. The first-order valence-electron chi connectivity index (χ1n) is 5.58. The van der Waals surface area contributed by atoms with Gasteiger partial charge in [0.15, 0.2) is 10.8 Å². The lowest BCUT2D eigenvalue weighted by molar-refractivity contribution is -0.274. The molecule has 0 spiro atoms. The maximum Gasteiger partial charge on any atom is 0.573 e. The van der Waals surface area contributed by atoms with Crippen LogP contribution in [0.5, 0.6) is 5.75 Å². The number of alkyl halides is 3. The Morgan fingerprint density at radius 3 is 2.43 bits per heavy atom. The highest BCUT2D eigenvalue weighted by molar-refractivity contribution is 7.15. The summed E-state index contributed by atoms with van der Waals surface area (Å²) in [5.41, 5.74) is 0.412. The molecule has 1 aromatic carbocycles. The fraction of sp³-hybridized carbons (Fsp3) is 0.167. The molecule has 9 heteroatoms. The number of rotatable bonds is 4. The van der Waals surface area contributed by atoms with E-state index >= 15 is 0 Å². The summed E-state index contributed by atoms with van der Waals surface area (Å²) in [6.07, 6.45) is -4.74. The number of nitrogens with zero attached hydrogens (tertiary/aromatic N) is 1. The van der Waals surface area contributed by atoms with Gasteiger partial charge in [0, 0.05) is 10.6 Å². The van der Waals surface area contributed by atoms with E-state index in [2.05, 4.69) is 15.0 Å². The minimum atomic E-state index is -4.74. The molecule has 2 rings (SSSR count). The zero-order valence-corrected chi connectivity index (χ0v) is 11.4. The van der Waals surface area contributed by atoms with Crippen molar-refractivity contribution in [2.24, 2.45) is 0 Å². The predicted molar refractivity (Wildman–Crippen MR) is 70.2 cm³/mol. The van der Waals surface area contributed by atoms with E-state index in [1.165, 1.54) is 12.1 Å². The van der Waals surface area contributed by atoms with Gasteiger partial charge in [-0.3, -0.25) is 0 Å². The third-order valence-electron chi connectivity index (χ3n) is 2.34. The fourth-order valence-electron chi connectivity index (χ4n) is 1.51. The van der Waals surface area contributed by atoms with E-state index in [1.807, 2.05) is 0 Å². The number of hydrogen-bond donors (Lipinski definition) is 2. The normalized spacial score (nSPS) is 11.2. The van der Waals surface area contributed by atoms with Crippen LogP contribution >= 0.6 is 11.3 Å². The largest absolute Gasteiger partial charge is 0.573 e. The molecule has 112 valence electrons. The average molecular weight is 318 g/mol. The highest BCUT2D eigenvalue weighted by atomic mass is 32.1. The van der Waals surface area contributed by atoms with Crippen molar-refractivity contribution >= 4 is 28.1 Å². The average Bonchev–Trinajstić information content (AvgIpc) is 2.71. The van der Waals surface area contributed by atoms with Gasteiger partial charge >= 0.3 is 12.3 Å². The summed E-state index contributed by atoms with van der Waals surface area (Å²) >= 11 is 1.14. The molecule has 0 fully saturated rings. The second kappa shape index (κ2) is 5.60. The topological polar surface area (TPSA) is 71.5 Å². The van der Waals surface area contributed by atoms with Crippen LogP contribution in [0.3, 0.4) is 0 Å². The molecule has 21 heavy (non-hydrogen) atoms. The van der Waals surface area contributed by atoms with Crippen LogP contribution in [0.1, 0.15) is 15.4 Å². The number of halogens is 3. The molecule has 0 bridgehead atoms. The van der Waals surface area contributed by atoms with Crippen molar-refractivity contribution in [3.8, 4) is 5.75 Å². The Morgan fingerprint density at radius 2 is 1.95 bits per heavy atom. The minimum Gasteiger partial charge on any atom is -0.476 e. The van der Waals surface area contributed by atoms with Gasteiger partial charge in [0.05, 0.1) is 0 Å². The second-order valence-corrected chi connectivity index (χ2v) is 5.13. The molecule has 1 aromatic heterocycles. The Morgan fingerprint density at radius 1 is 1.33 bits per heavy atom. The number of carbonyl (C=O) groups is 1. The summed E-state index contributed by atoms with van der Waals surface area (Å²) in [4.78, 5) is 15.3. The van der Waals surface area contributed by atoms with E-state index in [4.69, 9.17) is 5.11 Å². The Balaban J connectivity index is 2.10. The first-order chi connectivity index (χ1) is 9.74. The summed E-state index contributed by atoms with van der Waals surface area (Å²) in [5, 5.41) is 12.0. The number of anilines is 2. The molecule has 0 radical (unpaired) electrons. The lowest BCUT2D eigenvalue weighted by Gasteiger charge is -2.09. The molecule has 1 heterocycles. The molecular formula is C12H9F3N2O3S. The number of carboxylic acids is 1. The smallest absolute Gasteiger partial charge is 0.476 e. The Bertz CT molecular complexity index is 653. The van der Waals surface area contributed by atoms with Gasteiger partial charge < -0.3 is 15.2 Å². The molecule has 0 atom stereocenters. The maximum absolute atomic E-state index is 12.0. The summed E-state index contributed by atoms with van der Waals surface area (Å²) < 4.78 is 39.8. The van der Waals surface area contributed by atoms with Crippen molar-refractivity contribution in [2.75, 3.05) is 5.32 Å². The van der Waals surface area contributed by atoms with Crippen molar-refractivity contribution in [2.45, 2.75) is 13.3 Å². The lowest BCUT2D eigenvalue weighted by Crippen LogP contribution is -2.16. The van der Waals surface area contributed by atoms with Crippen LogP contribution < -0.4 is 10.1 Å². The summed E-state index contributed by atoms with van der Waals surface area (Å²) in [5.74, 6) is -1.47. The first kappa shape index (κ1) is 15.1. The van der Waals surface area contributed by atoms with Crippen molar-refractivity contribution in [1.82, 2.24) is 4.98 Å². The third-order valence-corrected chi connectivity index (χ3v) is 3.22. The predicted octanol–water partition coefficient (Wildman–Crippen LogP) is 3.79. The van der Waals surface area contributed by atoms with Gasteiger partial charge in [0.1, 0.15) is 5.75 Å². The van der Waals surface area contributed by atoms with Gasteiger partial charge in [-0.2, -0.15) is 0 Å². The molecule has 0 aliphatic rings. The van der Waals surface area contributed by atoms with Gasteiger partial charge in [0.2, 0.25) is 0 Å². The maximum atomic E-state index is 12.0. The number of ether oxygens (including phenoxy) is 1. The van der Waals surface area contributed by atoms with Crippen LogP contribution in [0.2, 0.25) is 0 Å². The van der Waals surface area contributed by atoms with Crippen LogP contribution in [-0.2, 0) is 0 Å². The highest BCUT2D eigenvalue weighted by Crippen LogP contribution is 2.28. The zero-order valence-electron chi connectivity index (χ0n) is 10.6. The molecule has 5 nitrogen and oxygen atoms in total. The molecule has 0 aliphatic heterocycles. The van der Waals surface area contributed by atoms with Crippen molar-refractivity contribution in [3.05, 3.63) is 34.8 Å². The number of carboxylic acid groups (broad SMARTS) is 1. The number of aromatic nitrogens is 1. The fourth-order valence-corrected chi connectivity index (χ4v) is 2.34. The van der Waals surface area contributed by atoms with Crippen LogP contribution in [0, 0.1) is 6.92 Å². The zero-order chi connectivity index (χ0) is 15.6. The van der Waals surface area contributed by atoms with Crippen LogP contribution in [0.4, 0.5) is 24.0 Å².